The molecule has 0 aliphatic heterocycles. The molecule has 4 nitrogen and oxygen atoms in total. The van der Waals surface area contributed by atoms with Gasteiger partial charge in [0.15, 0.2) is 5.82 Å². The quantitative estimate of drug-likeness (QED) is 0.852. The second-order valence-corrected chi connectivity index (χ2v) is 4.61. The Hall–Kier alpha value is -1.43. The molecule has 0 aliphatic carbocycles. The summed E-state index contributed by atoms with van der Waals surface area (Å²) in [4.78, 5) is 0.227. The largest absolute Gasteiger partial charge is 0.389 e. The van der Waals surface area contributed by atoms with E-state index in [-0.39, 0.29) is 4.99 Å². The summed E-state index contributed by atoms with van der Waals surface area (Å²) in [5.41, 5.74) is 6.81. The molecular formula is C11H8Cl2N4S. The number of thiocarbonyl (C=S) groups is 1. The third-order valence-corrected chi connectivity index (χ3v) is 3.23. The van der Waals surface area contributed by atoms with Gasteiger partial charge in [0.2, 0.25) is 0 Å². The van der Waals surface area contributed by atoms with Gasteiger partial charge in [-0.25, -0.2) is 0 Å². The van der Waals surface area contributed by atoms with E-state index in [4.69, 9.17) is 41.2 Å². The van der Waals surface area contributed by atoms with E-state index in [1.54, 1.807) is 24.3 Å². The van der Waals surface area contributed by atoms with E-state index in [0.29, 0.717) is 27.1 Å². The van der Waals surface area contributed by atoms with Crippen LogP contribution in [-0.2, 0) is 0 Å². The van der Waals surface area contributed by atoms with E-state index in [2.05, 4.69) is 15.5 Å². The van der Waals surface area contributed by atoms with Crippen LogP contribution in [0.5, 0.6) is 0 Å². The Balaban J connectivity index is 2.40. The molecule has 0 radical (unpaired) electrons. The van der Waals surface area contributed by atoms with Gasteiger partial charge in [-0.15, -0.1) is 5.10 Å². The van der Waals surface area contributed by atoms with Crippen LogP contribution in [0, 0.1) is 0 Å². The van der Waals surface area contributed by atoms with Crippen LogP contribution in [-0.4, -0.2) is 15.2 Å². The number of nitrogens with one attached hydrogen (secondary N) is 1. The van der Waals surface area contributed by atoms with Crippen molar-refractivity contribution < 1.29 is 0 Å². The summed E-state index contributed by atoms with van der Waals surface area (Å²) in [5.74, 6) is 0.439. The lowest BCUT2D eigenvalue weighted by Gasteiger charge is -2.10. The van der Waals surface area contributed by atoms with Crippen molar-refractivity contribution in [1.29, 1.82) is 0 Å². The molecule has 1 aromatic heterocycles. The molecule has 0 aliphatic rings. The van der Waals surface area contributed by atoms with E-state index >= 15 is 0 Å². The first-order valence-corrected chi connectivity index (χ1v) is 6.08. The van der Waals surface area contributed by atoms with Crippen LogP contribution in [0.1, 0.15) is 5.56 Å². The molecule has 0 unspecified atom stereocenters. The normalized spacial score (nSPS) is 10.1. The predicted octanol–water partition coefficient (Wildman–Crippen LogP) is 3.16. The molecule has 0 bridgehead atoms. The van der Waals surface area contributed by atoms with E-state index in [1.165, 1.54) is 6.20 Å². The van der Waals surface area contributed by atoms with Gasteiger partial charge in [0.05, 0.1) is 27.5 Å². The molecule has 0 atom stereocenters. The number of benzene rings is 1. The SMILES string of the molecule is NC(=S)c1ccnnc1Nc1cccc(Cl)c1Cl. The van der Waals surface area contributed by atoms with Gasteiger partial charge in [0.1, 0.15) is 4.99 Å². The Labute approximate surface area is 119 Å². The third kappa shape index (κ3) is 2.69. The zero-order chi connectivity index (χ0) is 13.1. The molecule has 1 aromatic carbocycles. The fourth-order valence-corrected chi connectivity index (χ4v) is 1.86. The minimum atomic E-state index is 0.227. The van der Waals surface area contributed by atoms with E-state index in [0.717, 1.165) is 0 Å². The Morgan fingerprint density at radius 3 is 2.78 bits per heavy atom. The molecular weight excluding hydrogens is 291 g/mol. The van der Waals surface area contributed by atoms with Gasteiger partial charge >= 0.3 is 0 Å². The fraction of sp³-hybridized carbons (Fsp3) is 0. The number of hydrogen-bond donors (Lipinski definition) is 2. The molecule has 2 rings (SSSR count). The maximum Gasteiger partial charge on any atom is 0.163 e. The van der Waals surface area contributed by atoms with Crippen molar-refractivity contribution in [2.24, 2.45) is 5.73 Å². The van der Waals surface area contributed by atoms with Gasteiger partial charge < -0.3 is 11.1 Å². The van der Waals surface area contributed by atoms with Crippen molar-refractivity contribution >= 4 is 51.9 Å². The molecule has 3 N–H and O–H groups in total. The first-order chi connectivity index (χ1) is 8.59. The zero-order valence-electron chi connectivity index (χ0n) is 9.02. The van der Waals surface area contributed by atoms with Crippen molar-refractivity contribution in [3.05, 3.63) is 46.1 Å². The standard InChI is InChI=1S/C11H8Cl2N4S/c12-7-2-1-3-8(9(7)13)16-11-6(10(14)18)4-5-15-17-11/h1-5H,(H2,14,18)(H,16,17). The summed E-state index contributed by atoms with van der Waals surface area (Å²) >= 11 is 16.9. The summed E-state index contributed by atoms with van der Waals surface area (Å²) in [6.45, 7) is 0. The molecule has 7 heteroatoms. The molecule has 18 heavy (non-hydrogen) atoms. The highest BCUT2D eigenvalue weighted by Gasteiger charge is 2.10. The Bertz CT molecular complexity index is 603. The molecule has 0 saturated heterocycles. The molecule has 1 heterocycles. The monoisotopic (exact) mass is 298 g/mol. The fourth-order valence-electron chi connectivity index (χ4n) is 1.35. The molecule has 0 spiro atoms. The average molecular weight is 299 g/mol. The second-order valence-electron chi connectivity index (χ2n) is 3.38. The molecule has 0 fully saturated rings. The summed E-state index contributed by atoms with van der Waals surface area (Å²) in [5, 5.41) is 11.6. The number of halogens is 2. The predicted molar refractivity (Wildman–Crippen MR) is 77.7 cm³/mol. The first-order valence-electron chi connectivity index (χ1n) is 4.92. The van der Waals surface area contributed by atoms with Crippen molar-refractivity contribution in [3.63, 3.8) is 0 Å². The minimum Gasteiger partial charge on any atom is -0.389 e. The summed E-state index contributed by atoms with van der Waals surface area (Å²) in [7, 11) is 0. The molecule has 92 valence electrons. The molecule has 2 aromatic rings. The van der Waals surface area contributed by atoms with Crippen LogP contribution in [0.2, 0.25) is 10.0 Å². The van der Waals surface area contributed by atoms with E-state index < -0.39 is 0 Å². The topological polar surface area (TPSA) is 63.8 Å². The van der Waals surface area contributed by atoms with Gasteiger partial charge in [-0.3, -0.25) is 0 Å². The Kier molecular flexibility index (Phi) is 3.96. The van der Waals surface area contributed by atoms with Crippen molar-refractivity contribution in [3.8, 4) is 0 Å². The Morgan fingerprint density at radius 1 is 1.28 bits per heavy atom. The lowest BCUT2D eigenvalue weighted by Crippen LogP contribution is -2.13. The van der Waals surface area contributed by atoms with Gasteiger partial charge in [0, 0.05) is 0 Å². The number of anilines is 2. The van der Waals surface area contributed by atoms with Gasteiger partial charge in [0.25, 0.3) is 0 Å². The van der Waals surface area contributed by atoms with Crippen LogP contribution in [0.25, 0.3) is 0 Å². The number of nitrogens with two attached hydrogens (primary N) is 1. The van der Waals surface area contributed by atoms with Crippen LogP contribution in [0.15, 0.2) is 30.5 Å². The minimum absolute atomic E-state index is 0.227. The van der Waals surface area contributed by atoms with Crippen molar-refractivity contribution in [2.75, 3.05) is 5.32 Å². The highest BCUT2D eigenvalue weighted by atomic mass is 35.5. The summed E-state index contributed by atoms with van der Waals surface area (Å²) in [6, 6.07) is 6.91. The summed E-state index contributed by atoms with van der Waals surface area (Å²) < 4.78 is 0. The maximum atomic E-state index is 6.07. The van der Waals surface area contributed by atoms with Crippen molar-refractivity contribution in [2.45, 2.75) is 0 Å². The summed E-state index contributed by atoms with van der Waals surface area (Å²) in [6.07, 6.45) is 1.51. The zero-order valence-corrected chi connectivity index (χ0v) is 11.4. The number of aromatic nitrogens is 2. The van der Waals surface area contributed by atoms with Crippen LogP contribution in [0.3, 0.4) is 0 Å². The maximum absolute atomic E-state index is 6.07. The highest BCUT2D eigenvalue weighted by Crippen LogP contribution is 2.31. The second kappa shape index (κ2) is 5.48. The van der Waals surface area contributed by atoms with Gasteiger partial charge in [-0.2, -0.15) is 5.10 Å². The average Bonchev–Trinajstić information content (AvgIpc) is 2.35. The highest BCUT2D eigenvalue weighted by molar-refractivity contribution is 7.80. The third-order valence-electron chi connectivity index (χ3n) is 2.19. The number of hydrogen-bond acceptors (Lipinski definition) is 4. The smallest absolute Gasteiger partial charge is 0.163 e. The Morgan fingerprint density at radius 2 is 2.06 bits per heavy atom. The van der Waals surface area contributed by atoms with Crippen LogP contribution < -0.4 is 11.1 Å². The van der Waals surface area contributed by atoms with Crippen LogP contribution in [0.4, 0.5) is 11.5 Å². The van der Waals surface area contributed by atoms with E-state index in [9.17, 15) is 0 Å². The van der Waals surface area contributed by atoms with E-state index in [1.807, 2.05) is 0 Å². The van der Waals surface area contributed by atoms with Crippen molar-refractivity contribution in [1.82, 2.24) is 10.2 Å². The number of rotatable bonds is 3. The van der Waals surface area contributed by atoms with Crippen LogP contribution >= 0.6 is 35.4 Å². The molecule has 0 amide bonds. The molecule has 0 saturated carbocycles. The lowest BCUT2D eigenvalue weighted by molar-refractivity contribution is 1.03. The van der Waals surface area contributed by atoms with Gasteiger partial charge in [-0.1, -0.05) is 41.5 Å². The lowest BCUT2D eigenvalue weighted by atomic mass is 10.2. The first kappa shape index (κ1) is 13.0. The van der Waals surface area contributed by atoms with Gasteiger partial charge in [-0.05, 0) is 18.2 Å². The number of nitrogens with zero attached hydrogens (tertiary/aromatic N) is 2.